The summed E-state index contributed by atoms with van der Waals surface area (Å²) in [6, 6.07) is 1.69. The monoisotopic (exact) mass is 496 g/mol. The Balaban J connectivity index is 1.61. The van der Waals surface area contributed by atoms with Crippen LogP contribution in [0.5, 0.6) is 5.75 Å². The number of piperazine rings is 1. The van der Waals surface area contributed by atoms with E-state index in [0.717, 1.165) is 10.6 Å². The van der Waals surface area contributed by atoms with E-state index in [1.807, 2.05) is 20.8 Å². The maximum absolute atomic E-state index is 12.7. The third-order valence-electron chi connectivity index (χ3n) is 5.00. The zero-order valence-electron chi connectivity index (χ0n) is 19.6. The number of hydrogen-bond donors (Lipinski definition) is 1. The van der Waals surface area contributed by atoms with Crippen LogP contribution < -0.4 is 15.5 Å². The highest BCUT2D eigenvalue weighted by molar-refractivity contribution is 5.81. The van der Waals surface area contributed by atoms with Crippen LogP contribution in [-0.4, -0.2) is 57.8 Å². The third-order valence-corrected chi connectivity index (χ3v) is 5.00. The molecule has 0 aromatic carbocycles. The summed E-state index contributed by atoms with van der Waals surface area (Å²) in [5.74, 6) is -0.0921. The minimum Gasteiger partial charge on any atom is -0.446 e. The van der Waals surface area contributed by atoms with E-state index >= 15 is 0 Å². The summed E-state index contributed by atoms with van der Waals surface area (Å²) < 4.78 is 43.4. The molecular weight excluding hydrogens is 469 g/mol. The Bertz CT molecular complexity index is 1040. The van der Waals surface area contributed by atoms with Crippen LogP contribution in [-0.2, 0) is 22.1 Å². The van der Waals surface area contributed by atoms with Crippen molar-refractivity contribution >= 4 is 17.9 Å². The minimum atomic E-state index is -4.54. The number of rotatable bonds is 7. The maximum Gasteiger partial charge on any atom is 0.419 e. The molecule has 1 aliphatic rings. The summed E-state index contributed by atoms with van der Waals surface area (Å²) >= 11 is 0. The van der Waals surface area contributed by atoms with E-state index in [2.05, 4.69) is 15.0 Å². The van der Waals surface area contributed by atoms with E-state index in [-0.39, 0.29) is 31.0 Å². The van der Waals surface area contributed by atoms with Crippen LogP contribution in [0.15, 0.2) is 30.9 Å². The molecule has 1 aliphatic heterocycles. The largest absolute Gasteiger partial charge is 0.446 e. The van der Waals surface area contributed by atoms with E-state index in [0.29, 0.717) is 31.0 Å². The lowest BCUT2D eigenvalue weighted by Crippen LogP contribution is -2.52. The molecule has 1 atom stereocenters. The average Bonchev–Trinajstić information content (AvgIpc) is 2.73. The molecule has 13 heteroatoms. The van der Waals surface area contributed by atoms with Crippen molar-refractivity contribution in [3.63, 3.8) is 0 Å². The van der Waals surface area contributed by atoms with Crippen LogP contribution in [0, 0.1) is 5.41 Å². The molecule has 3 heterocycles. The topological polar surface area (TPSA) is 124 Å². The molecule has 0 aliphatic carbocycles. The molecule has 190 valence electrons. The fourth-order valence-electron chi connectivity index (χ4n) is 3.57. The minimum absolute atomic E-state index is 0.0222. The number of aromatic nitrogens is 3. The first kappa shape index (κ1) is 26.0. The van der Waals surface area contributed by atoms with Crippen molar-refractivity contribution in [2.24, 2.45) is 11.1 Å². The average molecular weight is 496 g/mol. The van der Waals surface area contributed by atoms with Crippen molar-refractivity contribution in [2.75, 3.05) is 24.5 Å². The number of nitrogens with zero attached hydrogens (tertiary/aromatic N) is 5. The first-order chi connectivity index (χ1) is 16.3. The number of nitrogens with two attached hydrogens (primary N) is 1. The number of anilines is 1. The Kier molecular flexibility index (Phi) is 7.66. The quantitative estimate of drug-likeness (QED) is 0.621. The molecular formula is C22H27F3N6O4. The smallest absolute Gasteiger partial charge is 0.419 e. The van der Waals surface area contributed by atoms with Crippen LogP contribution in [0.4, 0.5) is 23.9 Å². The van der Waals surface area contributed by atoms with Gasteiger partial charge in [0.15, 0.2) is 5.75 Å². The first-order valence-electron chi connectivity index (χ1n) is 10.8. The molecule has 3 rings (SSSR count). The molecule has 2 aromatic rings. The first-order valence-corrected chi connectivity index (χ1v) is 10.8. The SMILES string of the molecule is CC(C)(C)CC(Cc1cncc(ON2CCN(c3ncc(C(F)(F)F)cn3)CC2=O)c1)OC(N)=O. The fraction of sp³-hybridized carbons (Fsp3) is 0.500. The van der Waals surface area contributed by atoms with Crippen LogP contribution in [0.25, 0.3) is 0 Å². The van der Waals surface area contributed by atoms with Crippen molar-refractivity contribution in [3.8, 4) is 5.75 Å². The van der Waals surface area contributed by atoms with Gasteiger partial charge in [0.2, 0.25) is 5.95 Å². The highest BCUT2D eigenvalue weighted by Gasteiger charge is 2.33. The van der Waals surface area contributed by atoms with E-state index < -0.39 is 29.8 Å². The second-order valence-electron chi connectivity index (χ2n) is 9.33. The highest BCUT2D eigenvalue weighted by Crippen LogP contribution is 2.29. The molecule has 2 N–H and O–H groups in total. The van der Waals surface area contributed by atoms with E-state index in [1.54, 1.807) is 12.3 Å². The predicted molar refractivity (Wildman–Crippen MR) is 118 cm³/mol. The number of halogens is 3. The second-order valence-corrected chi connectivity index (χ2v) is 9.33. The zero-order chi connectivity index (χ0) is 25.8. The van der Waals surface area contributed by atoms with Gasteiger partial charge in [-0.15, -0.1) is 0 Å². The van der Waals surface area contributed by atoms with Gasteiger partial charge in [-0.3, -0.25) is 9.78 Å². The Morgan fingerprint density at radius 3 is 2.40 bits per heavy atom. The van der Waals surface area contributed by atoms with Crippen LogP contribution in [0.3, 0.4) is 0 Å². The Morgan fingerprint density at radius 1 is 1.14 bits per heavy atom. The van der Waals surface area contributed by atoms with Gasteiger partial charge >= 0.3 is 12.3 Å². The van der Waals surface area contributed by atoms with Crippen molar-refractivity contribution in [3.05, 3.63) is 42.0 Å². The van der Waals surface area contributed by atoms with Crippen molar-refractivity contribution < 1.29 is 32.3 Å². The lowest BCUT2D eigenvalue weighted by Gasteiger charge is -2.33. The Hall–Kier alpha value is -3.64. The standard InChI is InChI=1S/C22H27F3N6O4/c1-21(2,3)8-16(34-19(26)33)6-14-7-17(12-27-9-14)35-31-5-4-30(13-18(31)32)20-28-10-15(11-29-20)22(23,24)25/h7,9-12,16H,4-6,8,13H2,1-3H3,(H2,26,33). The van der Waals surface area contributed by atoms with Gasteiger partial charge in [-0.05, 0) is 23.5 Å². The van der Waals surface area contributed by atoms with Crippen LogP contribution in [0.1, 0.15) is 38.3 Å². The molecule has 2 amide bonds. The summed E-state index contributed by atoms with van der Waals surface area (Å²) in [7, 11) is 0. The van der Waals surface area contributed by atoms with Gasteiger partial charge in [-0.1, -0.05) is 20.8 Å². The molecule has 35 heavy (non-hydrogen) atoms. The molecule has 0 radical (unpaired) electrons. The number of carbonyl (C=O) groups excluding carboxylic acids is 2. The van der Waals surface area contributed by atoms with Crippen LogP contribution >= 0.6 is 0 Å². The lowest BCUT2D eigenvalue weighted by atomic mass is 9.87. The number of hydrogen-bond acceptors (Lipinski definition) is 8. The summed E-state index contributed by atoms with van der Waals surface area (Å²) in [5, 5.41) is 1.15. The lowest BCUT2D eigenvalue weighted by molar-refractivity contribution is -0.158. The number of hydroxylamine groups is 2. The second kappa shape index (κ2) is 10.3. The summed E-state index contributed by atoms with van der Waals surface area (Å²) in [6.45, 7) is 6.27. The molecule has 0 spiro atoms. The maximum atomic E-state index is 12.7. The van der Waals surface area contributed by atoms with Gasteiger partial charge in [0.05, 0.1) is 18.3 Å². The zero-order valence-corrected chi connectivity index (χ0v) is 19.6. The summed E-state index contributed by atoms with van der Waals surface area (Å²) in [5.41, 5.74) is 4.86. The van der Waals surface area contributed by atoms with Gasteiger partial charge in [0.25, 0.3) is 5.91 Å². The number of pyridine rings is 1. The predicted octanol–water partition coefficient (Wildman–Crippen LogP) is 2.98. The number of ether oxygens (including phenoxy) is 1. The normalized spacial score (nSPS) is 15.7. The van der Waals surface area contributed by atoms with Gasteiger partial charge in [-0.2, -0.15) is 18.2 Å². The third kappa shape index (κ3) is 7.69. The summed E-state index contributed by atoms with van der Waals surface area (Å²) in [4.78, 5) is 42.6. The fourth-order valence-corrected chi connectivity index (χ4v) is 3.57. The molecule has 0 bridgehead atoms. The number of alkyl halides is 3. The van der Waals surface area contributed by atoms with E-state index in [1.165, 1.54) is 11.1 Å². The Morgan fingerprint density at radius 2 is 1.83 bits per heavy atom. The number of primary amides is 1. The molecule has 1 saturated heterocycles. The van der Waals surface area contributed by atoms with Crippen molar-refractivity contribution in [2.45, 2.75) is 45.9 Å². The Labute approximate surface area is 200 Å². The molecule has 10 nitrogen and oxygen atoms in total. The van der Waals surface area contributed by atoms with Gasteiger partial charge in [0, 0.05) is 31.6 Å². The molecule has 1 unspecified atom stereocenters. The summed E-state index contributed by atoms with van der Waals surface area (Å²) in [6.07, 6.45) is -0.514. The number of amides is 2. The van der Waals surface area contributed by atoms with Gasteiger partial charge < -0.3 is 20.2 Å². The molecule has 1 fully saturated rings. The van der Waals surface area contributed by atoms with Crippen molar-refractivity contribution in [1.29, 1.82) is 0 Å². The van der Waals surface area contributed by atoms with E-state index in [4.69, 9.17) is 15.3 Å². The van der Waals surface area contributed by atoms with Gasteiger partial charge in [-0.25, -0.2) is 14.8 Å². The van der Waals surface area contributed by atoms with E-state index in [9.17, 15) is 22.8 Å². The van der Waals surface area contributed by atoms with Gasteiger partial charge in [0.1, 0.15) is 12.6 Å². The molecule has 0 saturated carbocycles. The number of carbonyl (C=O) groups is 2. The molecule has 2 aromatic heterocycles. The van der Waals surface area contributed by atoms with Crippen molar-refractivity contribution in [1.82, 2.24) is 20.0 Å². The highest BCUT2D eigenvalue weighted by atomic mass is 19.4. The van der Waals surface area contributed by atoms with Crippen LogP contribution in [0.2, 0.25) is 0 Å².